The molecular formula is C11H12N2O2. The summed E-state index contributed by atoms with van der Waals surface area (Å²) >= 11 is 0. The van der Waals surface area contributed by atoms with Gasteiger partial charge in [-0.1, -0.05) is 12.1 Å². The molecule has 2 N–H and O–H groups in total. The van der Waals surface area contributed by atoms with E-state index >= 15 is 0 Å². The van der Waals surface area contributed by atoms with Crippen molar-refractivity contribution < 1.29 is 8.94 Å². The molecule has 2 aromatic rings. The van der Waals surface area contributed by atoms with Gasteiger partial charge in [-0.15, -0.1) is 0 Å². The molecule has 0 aliphatic heterocycles. The number of nitrogens with two attached hydrogens (primary N) is 1. The summed E-state index contributed by atoms with van der Waals surface area (Å²) in [4.78, 5) is 0. The molecule has 2 atom stereocenters. The molecule has 2 heterocycles. The van der Waals surface area contributed by atoms with E-state index in [1.54, 1.807) is 6.07 Å². The minimum absolute atomic E-state index is 0.378. The van der Waals surface area contributed by atoms with Gasteiger partial charge in [0.15, 0.2) is 11.6 Å². The largest absolute Gasteiger partial charge is 0.457 e. The van der Waals surface area contributed by atoms with Gasteiger partial charge in [0.25, 0.3) is 0 Å². The average Bonchev–Trinajstić information content (AvgIpc) is 2.71. The maximum atomic E-state index is 5.69. The minimum atomic E-state index is 0.378. The molecule has 0 aromatic carbocycles. The lowest BCUT2D eigenvalue weighted by atomic mass is 10.3. The lowest BCUT2D eigenvalue weighted by Gasteiger charge is -1.90. The maximum Gasteiger partial charge on any atom is 0.204 e. The number of furan rings is 1. The van der Waals surface area contributed by atoms with Crippen LogP contribution in [0, 0.1) is 5.92 Å². The fourth-order valence-corrected chi connectivity index (χ4v) is 1.81. The first-order valence-electron chi connectivity index (χ1n) is 5.06. The summed E-state index contributed by atoms with van der Waals surface area (Å²) in [6.45, 7) is 2.22. The van der Waals surface area contributed by atoms with Crippen LogP contribution in [-0.2, 0) is 0 Å². The fraction of sp³-hybridized carbons (Fsp3) is 0.364. The van der Waals surface area contributed by atoms with E-state index in [-0.39, 0.29) is 0 Å². The summed E-state index contributed by atoms with van der Waals surface area (Å²) in [7, 11) is 0. The van der Waals surface area contributed by atoms with Crippen molar-refractivity contribution in [3.8, 4) is 11.5 Å². The maximum absolute atomic E-state index is 5.69. The Kier molecular flexibility index (Phi) is 1.65. The first-order valence-corrected chi connectivity index (χ1v) is 5.06. The third-order valence-electron chi connectivity index (χ3n) is 2.87. The quantitative estimate of drug-likeness (QED) is 0.816. The highest BCUT2D eigenvalue weighted by atomic mass is 16.5. The Balaban J connectivity index is 1.90. The Morgan fingerprint density at radius 3 is 2.80 bits per heavy atom. The first-order chi connectivity index (χ1) is 7.24. The van der Waals surface area contributed by atoms with Gasteiger partial charge in [0.1, 0.15) is 5.76 Å². The molecule has 1 saturated carbocycles. The van der Waals surface area contributed by atoms with Crippen LogP contribution in [-0.4, -0.2) is 5.16 Å². The van der Waals surface area contributed by atoms with Crippen molar-refractivity contribution in [2.24, 2.45) is 5.92 Å². The molecule has 2 unspecified atom stereocenters. The van der Waals surface area contributed by atoms with Crippen molar-refractivity contribution in [3.63, 3.8) is 0 Å². The number of aromatic nitrogens is 1. The second-order valence-electron chi connectivity index (χ2n) is 4.14. The highest BCUT2D eigenvalue weighted by Gasteiger charge is 2.36. The van der Waals surface area contributed by atoms with Crippen LogP contribution in [0.3, 0.4) is 0 Å². The molecule has 0 amide bonds. The van der Waals surface area contributed by atoms with Crippen LogP contribution in [0.15, 0.2) is 27.1 Å². The lowest BCUT2D eigenvalue weighted by molar-refractivity contribution is 0.415. The third kappa shape index (κ3) is 1.42. The van der Waals surface area contributed by atoms with E-state index in [4.69, 9.17) is 14.7 Å². The second-order valence-corrected chi connectivity index (χ2v) is 4.14. The van der Waals surface area contributed by atoms with Gasteiger partial charge < -0.3 is 14.7 Å². The SMILES string of the molecule is CC1CC1c1ccc(-c2cc(N)no2)o1. The highest BCUT2D eigenvalue weighted by Crippen LogP contribution is 2.48. The summed E-state index contributed by atoms with van der Waals surface area (Å²) in [6, 6.07) is 5.57. The number of nitrogen functional groups attached to an aromatic ring is 1. The van der Waals surface area contributed by atoms with E-state index in [1.807, 2.05) is 12.1 Å². The normalized spacial score (nSPS) is 24.3. The van der Waals surface area contributed by atoms with E-state index in [1.165, 1.54) is 6.42 Å². The van der Waals surface area contributed by atoms with E-state index < -0.39 is 0 Å². The minimum Gasteiger partial charge on any atom is -0.457 e. The zero-order chi connectivity index (χ0) is 10.4. The van der Waals surface area contributed by atoms with E-state index in [0.717, 1.165) is 11.7 Å². The number of anilines is 1. The van der Waals surface area contributed by atoms with Gasteiger partial charge in [-0.25, -0.2) is 0 Å². The fourth-order valence-electron chi connectivity index (χ4n) is 1.81. The Morgan fingerprint density at radius 2 is 2.20 bits per heavy atom. The monoisotopic (exact) mass is 204 g/mol. The molecule has 0 saturated heterocycles. The standard InChI is InChI=1S/C11H12N2O2/c1-6-4-7(6)8-2-3-9(14-8)10-5-11(12)13-15-10/h2-3,5-7H,4H2,1H3,(H2,12,13). The van der Waals surface area contributed by atoms with Gasteiger partial charge in [-0.3, -0.25) is 0 Å². The van der Waals surface area contributed by atoms with Crippen molar-refractivity contribution in [1.82, 2.24) is 5.16 Å². The molecule has 1 aliphatic rings. The Bertz CT molecular complexity index is 486. The molecule has 0 spiro atoms. The first kappa shape index (κ1) is 8.59. The van der Waals surface area contributed by atoms with Gasteiger partial charge in [0.2, 0.25) is 5.76 Å². The highest BCUT2D eigenvalue weighted by molar-refractivity contribution is 5.54. The molecule has 4 heteroatoms. The Labute approximate surface area is 87.0 Å². The van der Waals surface area contributed by atoms with Gasteiger partial charge in [-0.2, -0.15) is 0 Å². The van der Waals surface area contributed by atoms with Crippen LogP contribution in [0.1, 0.15) is 25.0 Å². The Morgan fingerprint density at radius 1 is 1.40 bits per heavy atom. The number of hydrogen-bond acceptors (Lipinski definition) is 4. The molecular weight excluding hydrogens is 192 g/mol. The van der Waals surface area contributed by atoms with Crippen LogP contribution in [0.5, 0.6) is 0 Å². The zero-order valence-corrected chi connectivity index (χ0v) is 8.43. The molecule has 0 radical (unpaired) electrons. The summed E-state index contributed by atoms with van der Waals surface area (Å²) in [5.74, 6) is 4.03. The van der Waals surface area contributed by atoms with Crippen LogP contribution in [0.2, 0.25) is 0 Å². The summed E-state index contributed by atoms with van der Waals surface area (Å²) in [5.41, 5.74) is 5.47. The molecule has 4 nitrogen and oxygen atoms in total. The number of nitrogens with zero attached hydrogens (tertiary/aromatic N) is 1. The Hall–Kier alpha value is -1.71. The summed E-state index contributed by atoms with van der Waals surface area (Å²) in [6.07, 6.45) is 1.21. The summed E-state index contributed by atoms with van der Waals surface area (Å²) < 4.78 is 10.7. The van der Waals surface area contributed by atoms with Crippen LogP contribution >= 0.6 is 0 Å². The lowest BCUT2D eigenvalue weighted by Crippen LogP contribution is -1.79. The van der Waals surface area contributed by atoms with Gasteiger partial charge in [-0.05, 0) is 24.5 Å². The van der Waals surface area contributed by atoms with Crippen molar-refractivity contribution in [1.29, 1.82) is 0 Å². The number of hydrogen-bond donors (Lipinski definition) is 1. The molecule has 15 heavy (non-hydrogen) atoms. The van der Waals surface area contributed by atoms with Gasteiger partial charge in [0, 0.05) is 12.0 Å². The summed E-state index contributed by atoms with van der Waals surface area (Å²) in [5, 5.41) is 3.62. The zero-order valence-electron chi connectivity index (χ0n) is 8.43. The van der Waals surface area contributed by atoms with Crippen LogP contribution in [0.25, 0.3) is 11.5 Å². The van der Waals surface area contributed by atoms with E-state index in [2.05, 4.69) is 12.1 Å². The second kappa shape index (κ2) is 2.89. The third-order valence-corrected chi connectivity index (χ3v) is 2.87. The predicted octanol–water partition coefficient (Wildman–Crippen LogP) is 2.64. The van der Waals surface area contributed by atoms with Gasteiger partial charge in [0.05, 0.1) is 0 Å². The molecule has 78 valence electrons. The molecule has 2 aromatic heterocycles. The van der Waals surface area contributed by atoms with Crippen LogP contribution < -0.4 is 5.73 Å². The predicted molar refractivity (Wildman–Crippen MR) is 55.1 cm³/mol. The van der Waals surface area contributed by atoms with Crippen molar-refractivity contribution in [2.75, 3.05) is 5.73 Å². The van der Waals surface area contributed by atoms with Crippen LogP contribution in [0.4, 0.5) is 5.82 Å². The average molecular weight is 204 g/mol. The van der Waals surface area contributed by atoms with E-state index in [0.29, 0.717) is 23.3 Å². The molecule has 1 aliphatic carbocycles. The van der Waals surface area contributed by atoms with Crippen molar-refractivity contribution in [2.45, 2.75) is 19.3 Å². The topological polar surface area (TPSA) is 65.2 Å². The van der Waals surface area contributed by atoms with Crippen molar-refractivity contribution >= 4 is 5.82 Å². The van der Waals surface area contributed by atoms with Crippen molar-refractivity contribution in [3.05, 3.63) is 24.0 Å². The van der Waals surface area contributed by atoms with E-state index in [9.17, 15) is 0 Å². The molecule has 3 rings (SSSR count). The molecule has 0 bridgehead atoms. The number of rotatable bonds is 2. The smallest absolute Gasteiger partial charge is 0.204 e. The molecule has 1 fully saturated rings. The van der Waals surface area contributed by atoms with Gasteiger partial charge >= 0.3 is 0 Å².